The highest BCUT2D eigenvalue weighted by Crippen LogP contribution is 2.44. The van der Waals surface area contributed by atoms with Crippen molar-refractivity contribution in [3.8, 4) is 0 Å². The van der Waals surface area contributed by atoms with E-state index in [2.05, 4.69) is 10.3 Å². The van der Waals surface area contributed by atoms with Crippen molar-refractivity contribution < 1.29 is 19.7 Å². The van der Waals surface area contributed by atoms with Gasteiger partial charge in [0, 0.05) is 18.2 Å². The topological polar surface area (TPSA) is 118 Å². The fourth-order valence-electron chi connectivity index (χ4n) is 3.65. The third kappa shape index (κ3) is 2.62. The number of rotatable bonds is 2. The number of carboxylic acid groups (broad SMARTS) is 1. The van der Waals surface area contributed by atoms with Gasteiger partial charge >= 0.3 is 6.09 Å². The molecule has 7 heteroatoms. The maximum Gasteiger partial charge on any atom is 0.404 e. The van der Waals surface area contributed by atoms with Gasteiger partial charge in [-0.2, -0.15) is 0 Å². The molecule has 2 fully saturated rings. The Morgan fingerprint density at radius 3 is 3.05 bits per heavy atom. The molecular weight excluding hydrogens is 286 g/mol. The fourth-order valence-corrected chi connectivity index (χ4v) is 3.65. The Hall–Kier alpha value is -1.86. The van der Waals surface area contributed by atoms with Crippen molar-refractivity contribution in [2.24, 2.45) is 0 Å². The average molecular weight is 307 g/mol. The van der Waals surface area contributed by atoms with Gasteiger partial charge in [-0.1, -0.05) is 12.8 Å². The smallest absolute Gasteiger partial charge is 0.404 e. The van der Waals surface area contributed by atoms with E-state index < -0.39 is 17.7 Å². The van der Waals surface area contributed by atoms with Crippen molar-refractivity contribution in [2.75, 3.05) is 5.73 Å². The minimum Gasteiger partial charge on any atom is -0.465 e. The third-order valence-electron chi connectivity index (χ3n) is 4.76. The summed E-state index contributed by atoms with van der Waals surface area (Å²) < 4.78 is 6.08. The molecule has 0 radical (unpaired) electrons. The lowest BCUT2D eigenvalue weighted by molar-refractivity contribution is -0.207. The molecule has 1 aliphatic carbocycles. The summed E-state index contributed by atoms with van der Waals surface area (Å²) in [5.74, 6) is 0. The summed E-state index contributed by atoms with van der Waals surface area (Å²) in [7, 11) is 0. The number of fused-ring (bicyclic) bond motifs is 1. The molecule has 0 bridgehead atoms. The van der Waals surface area contributed by atoms with E-state index in [-0.39, 0.29) is 12.2 Å². The number of anilines is 1. The van der Waals surface area contributed by atoms with Crippen molar-refractivity contribution in [2.45, 2.75) is 56.0 Å². The first-order valence-corrected chi connectivity index (χ1v) is 7.57. The number of amides is 1. The van der Waals surface area contributed by atoms with Gasteiger partial charge in [-0.05, 0) is 18.9 Å². The minimum absolute atomic E-state index is 0.344. The lowest BCUT2D eigenvalue weighted by Gasteiger charge is -2.50. The Bertz CT molecular complexity index is 567. The fraction of sp³-hybridized carbons (Fsp3) is 0.600. The number of nitrogens with zero attached hydrogens (tertiary/aromatic N) is 1. The van der Waals surface area contributed by atoms with Gasteiger partial charge in [-0.3, -0.25) is 4.98 Å². The van der Waals surface area contributed by atoms with Crippen LogP contribution in [0.5, 0.6) is 0 Å². The maximum atomic E-state index is 11.1. The Morgan fingerprint density at radius 1 is 1.50 bits per heavy atom. The molecule has 2 heterocycles. The van der Waals surface area contributed by atoms with Crippen molar-refractivity contribution in [1.82, 2.24) is 10.3 Å². The van der Waals surface area contributed by atoms with Gasteiger partial charge in [0.15, 0.2) is 0 Å². The summed E-state index contributed by atoms with van der Waals surface area (Å²) in [6.45, 7) is 0. The van der Waals surface area contributed by atoms with Gasteiger partial charge in [0.25, 0.3) is 0 Å². The zero-order chi connectivity index (χ0) is 15.7. The van der Waals surface area contributed by atoms with E-state index in [0.29, 0.717) is 18.5 Å². The molecule has 1 aliphatic heterocycles. The number of ether oxygens (including phenoxy) is 1. The van der Waals surface area contributed by atoms with E-state index in [9.17, 15) is 9.90 Å². The van der Waals surface area contributed by atoms with Crippen LogP contribution in [0.15, 0.2) is 18.5 Å². The van der Waals surface area contributed by atoms with Crippen LogP contribution in [-0.2, 0) is 4.74 Å². The van der Waals surface area contributed by atoms with Gasteiger partial charge in [0.05, 0.1) is 30.1 Å². The molecule has 1 saturated carbocycles. The highest BCUT2D eigenvalue weighted by molar-refractivity contribution is 5.65. The summed E-state index contributed by atoms with van der Waals surface area (Å²) in [5.41, 5.74) is 6.12. The molecule has 2 aliphatic rings. The van der Waals surface area contributed by atoms with E-state index >= 15 is 0 Å². The zero-order valence-corrected chi connectivity index (χ0v) is 12.2. The van der Waals surface area contributed by atoms with Crippen molar-refractivity contribution in [3.63, 3.8) is 0 Å². The molecule has 22 heavy (non-hydrogen) atoms. The standard InChI is InChI=1S/C15H21N3O4/c16-10-8-17-6-4-9(10)11-7-12(18-14(19)20)15(21)5-2-1-3-13(15)22-11/h4,6,8,11-13,18,21H,1-3,5,7,16H2,(H,19,20)/t11-,12-,13-,15+/m0/s1. The number of hydrogen-bond acceptors (Lipinski definition) is 5. The molecule has 120 valence electrons. The van der Waals surface area contributed by atoms with Crippen LogP contribution in [-0.4, -0.2) is 39.0 Å². The van der Waals surface area contributed by atoms with Crippen molar-refractivity contribution in [1.29, 1.82) is 0 Å². The Kier molecular flexibility index (Phi) is 3.92. The summed E-state index contributed by atoms with van der Waals surface area (Å²) in [6, 6.07) is 1.21. The third-order valence-corrected chi connectivity index (χ3v) is 4.76. The average Bonchev–Trinajstić information content (AvgIpc) is 2.48. The normalized spacial score (nSPS) is 34.7. The first-order valence-electron chi connectivity index (χ1n) is 7.57. The Balaban J connectivity index is 1.90. The zero-order valence-electron chi connectivity index (χ0n) is 12.2. The maximum absolute atomic E-state index is 11.1. The molecule has 1 saturated heterocycles. The molecule has 1 aromatic rings. The van der Waals surface area contributed by atoms with Crippen LogP contribution in [0.2, 0.25) is 0 Å². The Labute approximate surface area is 128 Å². The molecule has 0 spiro atoms. The van der Waals surface area contributed by atoms with Crippen LogP contribution >= 0.6 is 0 Å². The molecule has 0 unspecified atom stereocenters. The van der Waals surface area contributed by atoms with Crippen molar-refractivity contribution >= 4 is 11.8 Å². The van der Waals surface area contributed by atoms with E-state index in [1.165, 1.54) is 0 Å². The number of pyridine rings is 1. The number of hydrogen-bond donors (Lipinski definition) is 4. The monoisotopic (exact) mass is 307 g/mol. The number of aromatic nitrogens is 1. The molecule has 1 aromatic heterocycles. The van der Waals surface area contributed by atoms with Gasteiger partial charge in [-0.25, -0.2) is 4.79 Å². The number of aliphatic hydroxyl groups is 1. The lowest BCUT2D eigenvalue weighted by Crippen LogP contribution is -2.64. The van der Waals surface area contributed by atoms with Crippen LogP contribution in [0.1, 0.15) is 43.8 Å². The highest BCUT2D eigenvalue weighted by atomic mass is 16.5. The molecule has 5 N–H and O–H groups in total. The second-order valence-electron chi connectivity index (χ2n) is 6.09. The summed E-state index contributed by atoms with van der Waals surface area (Å²) >= 11 is 0. The number of nitrogen functional groups attached to an aromatic ring is 1. The predicted molar refractivity (Wildman–Crippen MR) is 79.2 cm³/mol. The van der Waals surface area contributed by atoms with Crippen LogP contribution in [0.4, 0.5) is 10.5 Å². The van der Waals surface area contributed by atoms with Gasteiger partial charge < -0.3 is 26.0 Å². The SMILES string of the molecule is Nc1cnccc1[C@@H]1C[C@H](NC(=O)O)[C@]2(O)CCCC[C@@H]2O1. The Morgan fingerprint density at radius 2 is 2.32 bits per heavy atom. The molecule has 7 nitrogen and oxygen atoms in total. The first kappa shape index (κ1) is 15.1. The molecule has 1 amide bonds. The van der Waals surface area contributed by atoms with Crippen LogP contribution in [0, 0.1) is 0 Å². The highest BCUT2D eigenvalue weighted by Gasteiger charge is 2.52. The molecular formula is C15H21N3O4. The second-order valence-corrected chi connectivity index (χ2v) is 6.09. The molecule has 3 rings (SSSR count). The summed E-state index contributed by atoms with van der Waals surface area (Å²) in [4.78, 5) is 15.1. The van der Waals surface area contributed by atoms with Crippen LogP contribution in [0.25, 0.3) is 0 Å². The summed E-state index contributed by atoms with van der Waals surface area (Å²) in [6.07, 6.45) is 4.78. The summed E-state index contributed by atoms with van der Waals surface area (Å²) in [5, 5.41) is 22.5. The minimum atomic E-state index is -1.14. The van der Waals surface area contributed by atoms with Crippen molar-refractivity contribution in [3.05, 3.63) is 24.0 Å². The van der Waals surface area contributed by atoms with Crippen LogP contribution < -0.4 is 11.1 Å². The van der Waals surface area contributed by atoms with Crippen LogP contribution in [0.3, 0.4) is 0 Å². The molecule has 4 atom stereocenters. The van der Waals surface area contributed by atoms with E-state index in [1.54, 1.807) is 18.5 Å². The lowest BCUT2D eigenvalue weighted by atomic mass is 9.72. The van der Waals surface area contributed by atoms with E-state index in [1.807, 2.05) is 0 Å². The second kappa shape index (κ2) is 5.73. The number of nitrogens with two attached hydrogens (primary N) is 1. The predicted octanol–water partition coefficient (Wildman–Crippen LogP) is 1.44. The quantitative estimate of drug-likeness (QED) is 0.656. The van der Waals surface area contributed by atoms with E-state index in [0.717, 1.165) is 24.8 Å². The largest absolute Gasteiger partial charge is 0.465 e. The molecule has 0 aromatic carbocycles. The van der Waals surface area contributed by atoms with Gasteiger partial charge in [0.2, 0.25) is 0 Å². The number of nitrogens with one attached hydrogen (secondary N) is 1. The first-order chi connectivity index (χ1) is 10.5. The van der Waals surface area contributed by atoms with Gasteiger partial charge in [-0.15, -0.1) is 0 Å². The number of carbonyl (C=O) groups is 1. The van der Waals surface area contributed by atoms with Gasteiger partial charge in [0.1, 0.15) is 5.60 Å². The van der Waals surface area contributed by atoms with E-state index in [4.69, 9.17) is 15.6 Å².